The molecule has 1 aliphatic rings. The van der Waals surface area contributed by atoms with Crippen molar-refractivity contribution in [1.29, 1.82) is 0 Å². The predicted octanol–water partition coefficient (Wildman–Crippen LogP) is 3.58. The first-order valence-electron chi connectivity index (χ1n) is 7.48. The number of benzene rings is 1. The molecule has 1 aliphatic heterocycles. The first kappa shape index (κ1) is 13.7. The number of morpholine rings is 1. The van der Waals surface area contributed by atoms with Gasteiger partial charge in [0, 0.05) is 18.0 Å². The molecule has 0 amide bonds. The predicted molar refractivity (Wildman–Crippen MR) is 90.5 cm³/mol. The minimum Gasteiger partial charge on any atom is -0.375 e. The van der Waals surface area contributed by atoms with Gasteiger partial charge in [0.05, 0.1) is 18.1 Å². The number of aromatic nitrogens is 2. The van der Waals surface area contributed by atoms with E-state index >= 15 is 0 Å². The van der Waals surface area contributed by atoms with Crippen molar-refractivity contribution in [2.75, 3.05) is 24.6 Å². The highest BCUT2D eigenvalue weighted by atomic mass is 32.1. The molecule has 22 heavy (non-hydrogen) atoms. The maximum Gasteiger partial charge on any atom is 0.140 e. The third-order valence-electron chi connectivity index (χ3n) is 3.91. The lowest BCUT2D eigenvalue weighted by molar-refractivity contribution is 0.0530. The standard InChI is InChI=1S/C17H17N3OS/c1-12-10-20(7-8-21-12)16-14-9-15(13-5-3-2-4-6-13)22-17(14)19-11-18-16/h2-6,9,11-12H,7-8,10H2,1H3. The van der Waals surface area contributed by atoms with Crippen LogP contribution < -0.4 is 4.90 Å². The van der Waals surface area contributed by atoms with Crippen LogP contribution in [0.4, 0.5) is 5.82 Å². The van der Waals surface area contributed by atoms with E-state index in [0.29, 0.717) is 0 Å². The van der Waals surface area contributed by atoms with Crippen LogP contribution in [0.5, 0.6) is 0 Å². The molecule has 2 aromatic heterocycles. The van der Waals surface area contributed by atoms with Crippen LogP contribution in [0.15, 0.2) is 42.7 Å². The first-order chi connectivity index (χ1) is 10.8. The van der Waals surface area contributed by atoms with Crippen LogP contribution in [0.25, 0.3) is 20.7 Å². The number of hydrogen-bond acceptors (Lipinski definition) is 5. The van der Waals surface area contributed by atoms with Gasteiger partial charge in [0.15, 0.2) is 0 Å². The molecule has 5 heteroatoms. The second kappa shape index (κ2) is 5.66. The van der Waals surface area contributed by atoms with E-state index in [0.717, 1.165) is 35.7 Å². The molecule has 0 saturated carbocycles. The number of fused-ring (bicyclic) bond motifs is 1. The Balaban J connectivity index is 1.78. The van der Waals surface area contributed by atoms with E-state index in [1.807, 2.05) is 6.07 Å². The Hall–Kier alpha value is -1.98. The molecule has 0 radical (unpaired) electrons. The van der Waals surface area contributed by atoms with Gasteiger partial charge in [0.25, 0.3) is 0 Å². The zero-order valence-corrected chi connectivity index (χ0v) is 13.2. The van der Waals surface area contributed by atoms with Gasteiger partial charge in [-0.2, -0.15) is 0 Å². The van der Waals surface area contributed by atoms with E-state index in [2.05, 4.69) is 52.1 Å². The summed E-state index contributed by atoms with van der Waals surface area (Å²) in [5.41, 5.74) is 1.23. The summed E-state index contributed by atoms with van der Waals surface area (Å²) in [4.78, 5) is 13.6. The van der Waals surface area contributed by atoms with Gasteiger partial charge in [-0.15, -0.1) is 11.3 Å². The first-order valence-corrected chi connectivity index (χ1v) is 8.29. The molecule has 1 saturated heterocycles. The van der Waals surface area contributed by atoms with Gasteiger partial charge in [-0.25, -0.2) is 9.97 Å². The van der Waals surface area contributed by atoms with Gasteiger partial charge in [-0.1, -0.05) is 30.3 Å². The second-order valence-corrected chi connectivity index (χ2v) is 6.55. The SMILES string of the molecule is CC1CN(c2ncnc3sc(-c4ccccc4)cc23)CCO1. The Kier molecular flexibility index (Phi) is 3.52. The van der Waals surface area contributed by atoms with Crippen molar-refractivity contribution in [3.8, 4) is 10.4 Å². The summed E-state index contributed by atoms with van der Waals surface area (Å²) >= 11 is 1.72. The lowest BCUT2D eigenvalue weighted by Crippen LogP contribution is -2.41. The molecular weight excluding hydrogens is 294 g/mol. The average Bonchev–Trinajstić information content (AvgIpc) is 3.00. The Morgan fingerprint density at radius 1 is 1.23 bits per heavy atom. The molecule has 1 unspecified atom stereocenters. The summed E-state index contributed by atoms with van der Waals surface area (Å²) in [7, 11) is 0. The molecule has 112 valence electrons. The van der Waals surface area contributed by atoms with E-state index in [4.69, 9.17) is 4.74 Å². The summed E-state index contributed by atoms with van der Waals surface area (Å²) in [5.74, 6) is 1.03. The molecule has 1 atom stereocenters. The minimum atomic E-state index is 0.242. The molecule has 0 aliphatic carbocycles. The van der Waals surface area contributed by atoms with E-state index in [9.17, 15) is 0 Å². The zero-order chi connectivity index (χ0) is 14.9. The molecule has 4 nitrogen and oxygen atoms in total. The Labute approximate surface area is 133 Å². The van der Waals surface area contributed by atoms with Gasteiger partial charge < -0.3 is 9.64 Å². The summed E-state index contributed by atoms with van der Waals surface area (Å²) < 4.78 is 5.63. The van der Waals surface area contributed by atoms with Crippen molar-refractivity contribution >= 4 is 27.4 Å². The van der Waals surface area contributed by atoms with Crippen LogP contribution >= 0.6 is 11.3 Å². The van der Waals surface area contributed by atoms with Gasteiger partial charge in [0.2, 0.25) is 0 Å². The highest BCUT2D eigenvalue weighted by Crippen LogP contribution is 2.36. The highest BCUT2D eigenvalue weighted by molar-refractivity contribution is 7.21. The summed E-state index contributed by atoms with van der Waals surface area (Å²) in [6, 6.07) is 12.6. The smallest absolute Gasteiger partial charge is 0.140 e. The van der Waals surface area contributed by atoms with Crippen molar-refractivity contribution in [3.05, 3.63) is 42.7 Å². The van der Waals surface area contributed by atoms with E-state index in [1.165, 1.54) is 10.4 Å². The fourth-order valence-electron chi connectivity index (χ4n) is 2.85. The van der Waals surface area contributed by atoms with Crippen LogP contribution in [0.1, 0.15) is 6.92 Å². The number of nitrogens with zero attached hydrogens (tertiary/aromatic N) is 3. The van der Waals surface area contributed by atoms with Crippen molar-refractivity contribution in [3.63, 3.8) is 0 Å². The molecular formula is C17H17N3OS. The second-order valence-electron chi connectivity index (χ2n) is 5.52. The molecule has 1 aromatic carbocycles. The van der Waals surface area contributed by atoms with E-state index in [1.54, 1.807) is 17.7 Å². The topological polar surface area (TPSA) is 38.2 Å². The van der Waals surface area contributed by atoms with Crippen LogP contribution in [-0.2, 0) is 4.74 Å². The van der Waals surface area contributed by atoms with Crippen molar-refractivity contribution in [2.45, 2.75) is 13.0 Å². The maximum absolute atomic E-state index is 5.63. The fourth-order valence-corrected chi connectivity index (χ4v) is 3.85. The lowest BCUT2D eigenvalue weighted by atomic mass is 10.2. The lowest BCUT2D eigenvalue weighted by Gasteiger charge is -2.32. The number of rotatable bonds is 2. The molecule has 0 N–H and O–H groups in total. The largest absolute Gasteiger partial charge is 0.375 e. The summed E-state index contributed by atoms with van der Waals surface area (Å²) in [5, 5.41) is 1.14. The monoisotopic (exact) mass is 311 g/mol. The van der Waals surface area contributed by atoms with E-state index in [-0.39, 0.29) is 6.10 Å². The summed E-state index contributed by atoms with van der Waals surface area (Å²) in [6.45, 7) is 4.62. The molecule has 0 bridgehead atoms. The fraction of sp³-hybridized carbons (Fsp3) is 0.294. The molecule has 3 heterocycles. The van der Waals surface area contributed by atoms with Crippen LogP contribution in [0, 0.1) is 0 Å². The van der Waals surface area contributed by atoms with Gasteiger partial charge >= 0.3 is 0 Å². The maximum atomic E-state index is 5.63. The van der Waals surface area contributed by atoms with Crippen LogP contribution in [-0.4, -0.2) is 35.8 Å². The molecule has 4 rings (SSSR count). The molecule has 1 fully saturated rings. The van der Waals surface area contributed by atoms with Crippen molar-refractivity contribution < 1.29 is 4.74 Å². The summed E-state index contributed by atoms with van der Waals surface area (Å²) in [6.07, 6.45) is 1.91. The van der Waals surface area contributed by atoms with Gasteiger partial charge in [-0.05, 0) is 18.6 Å². The van der Waals surface area contributed by atoms with Gasteiger partial charge in [-0.3, -0.25) is 0 Å². The van der Waals surface area contributed by atoms with E-state index < -0.39 is 0 Å². The third-order valence-corrected chi connectivity index (χ3v) is 5.00. The van der Waals surface area contributed by atoms with Crippen molar-refractivity contribution in [2.24, 2.45) is 0 Å². The van der Waals surface area contributed by atoms with Crippen LogP contribution in [0.2, 0.25) is 0 Å². The Morgan fingerprint density at radius 3 is 2.91 bits per heavy atom. The Morgan fingerprint density at radius 2 is 2.09 bits per heavy atom. The minimum absolute atomic E-state index is 0.242. The molecule has 3 aromatic rings. The highest BCUT2D eigenvalue weighted by Gasteiger charge is 2.21. The Bertz CT molecular complexity index is 787. The number of thiophene rings is 1. The number of ether oxygens (including phenoxy) is 1. The normalized spacial score (nSPS) is 18.8. The van der Waals surface area contributed by atoms with Crippen LogP contribution in [0.3, 0.4) is 0 Å². The number of anilines is 1. The molecule has 0 spiro atoms. The van der Waals surface area contributed by atoms with Crippen molar-refractivity contribution in [1.82, 2.24) is 9.97 Å². The quantitative estimate of drug-likeness (QED) is 0.725. The number of hydrogen-bond donors (Lipinski definition) is 0. The van der Waals surface area contributed by atoms with Gasteiger partial charge in [0.1, 0.15) is 17.0 Å². The third kappa shape index (κ3) is 2.46. The zero-order valence-electron chi connectivity index (χ0n) is 12.4. The average molecular weight is 311 g/mol.